The predicted molar refractivity (Wildman–Crippen MR) is 66.1 cm³/mol. The molecule has 0 spiro atoms. The third-order valence-electron chi connectivity index (χ3n) is 2.29. The number of aromatic carboxylic acids is 1. The molecular weight excluding hydrogens is 262 g/mol. The highest BCUT2D eigenvalue weighted by Crippen LogP contribution is 2.28. The van der Waals surface area contributed by atoms with Gasteiger partial charge < -0.3 is 5.11 Å². The van der Waals surface area contributed by atoms with E-state index in [9.17, 15) is 13.2 Å². The molecule has 17 heavy (non-hydrogen) atoms. The number of carbonyl (C=O) groups is 1. The molecule has 0 radical (unpaired) electrons. The van der Waals surface area contributed by atoms with E-state index in [1.54, 1.807) is 6.92 Å². The lowest BCUT2D eigenvalue weighted by atomic mass is 10.3. The van der Waals surface area contributed by atoms with Crippen LogP contribution in [0.25, 0.3) is 0 Å². The van der Waals surface area contributed by atoms with Crippen LogP contribution in [0.15, 0.2) is 10.3 Å². The van der Waals surface area contributed by atoms with E-state index in [0.717, 1.165) is 11.3 Å². The summed E-state index contributed by atoms with van der Waals surface area (Å²) in [6.07, 6.45) is 0.714. The van der Waals surface area contributed by atoms with Crippen molar-refractivity contribution < 1.29 is 18.3 Å². The lowest BCUT2D eigenvalue weighted by molar-refractivity contribution is 0.0701. The summed E-state index contributed by atoms with van der Waals surface area (Å²) in [6.45, 7) is 3.90. The number of carboxylic acids is 1. The van der Waals surface area contributed by atoms with Crippen molar-refractivity contribution in [1.82, 2.24) is 4.31 Å². The van der Waals surface area contributed by atoms with Gasteiger partial charge in [0, 0.05) is 13.6 Å². The van der Waals surface area contributed by atoms with E-state index in [0.29, 0.717) is 18.5 Å². The van der Waals surface area contributed by atoms with Crippen molar-refractivity contribution in [2.75, 3.05) is 13.6 Å². The van der Waals surface area contributed by atoms with Gasteiger partial charge in [-0.2, -0.15) is 0 Å². The van der Waals surface area contributed by atoms with Gasteiger partial charge >= 0.3 is 5.97 Å². The summed E-state index contributed by atoms with van der Waals surface area (Å²) < 4.78 is 25.4. The smallest absolute Gasteiger partial charge is 0.346 e. The topological polar surface area (TPSA) is 74.7 Å². The normalized spacial score (nSPS) is 12.0. The number of hydrogen-bond acceptors (Lipinski definition) is 4. The van der Waals surface area contributed by atoms with Crippen LogP contribution in [-0.4, -0.2) is 37.4 Å². The Labute approximate surface area is 105 Å². The number of hydrogen-bond donors (Lipinski definition) is 1. The molecule has 0 aliphatic heterocycles. The van der Waals surface area contributed by atoms with Crippen LogP contribution >= 0.6 is 11.3 Å². The Morgan fingerprint density at radius 3 is 2.53 bits per heavy atom. The van der Waals surface area contributed by atoms with Crippen LogP contribution in [0, 0.1) is 6.92 Å². The van der Waals surface area contributed by atoms with Crippen molar-refractivity contribution in [1.29, 1.82) is 0 Å². The van der Waals surface area contributed by atoms with Gasteiger partial charge in [0.25, 0.3) is 10.0 Å². The van der Waals surface area contributed by atoms with Gasteiger partial charge in [-0.3, -0.25) is 0 Å². The number of aryl methyl sites for hydroxylation is 1. The zero-order chi connectivity index (χ0) is 13.2. The minimum Gasteiger partial charge on any atom is -0.477 e. The van der Waals surface area contributed by atoms with E-state index in [2.05, 4.69) is 0 Å². The Morgan fingerprint density at radius 1 is 1.53 bits per heavy atom. The third-order valence-corrected chi connectivity index (χ3v) is 5.82. The highest BCUT2D eigenvalue weighted by Gasteiger charge is 2.25. The summed E-state index contributed by atoms with van der Waals surface area (Å²) in [7, 11) is -2.05. The van der Waals surface area contributed by atoms with E-state index in [4.69, 9.17) is 5.11 Å². The molecule has 0 saturated heterocycles. The quantitative estimate of drug-likeness (QED) is 0.890. The Morgan fingerprint density at radius 2 is 2.12 bits per heavy atom. The Bertz CT molecular complexity index is 518. The lowest BCUT2D eigenvalue weighted by Crippen LogP contribution is -2.26. The second-order valence-electron chi connectivity index (χ2n) is 3.71. The molecule has 1 heterocycles. The summed E-state index contributed by atoms with van der Waals surface area (Å²) >= 11 is 0.800. The molecule has 1 N–H and O–H groups in total. The van der Waals surface area contributed by atoms with Crippen LogP contribution in [0.3, 0.4) is 0 Å². The van der Waals surface area contributed by atoms with Gasteiger partial charge in [0.1, 0.15) is 9.09 Å². The molecule has 0 aliphatic rings. The van der Waals surface area contributed by atoms with Gasteiger partial charge in [-0.15, -0.1) is 11.3 Å². The fourth-order valence-corrected chi connectivity index (χ4v) is 4.23. The molecule has 1 aromatic heterocycles. The van der Waals surface area contributed by atoms with Gasteiger partial charge in [-0.05, 0) is 25.0 Å². The number of sulfonamides is 1. The molecule has 1 rings (SSSR count). The van der Waals surface area contributed by atoms with Gasteiger partial charge in [0.2, 0.25) is 0 Å². The van der Waals surface area contributed by atoms with Crippen molar-refractivity contribution in [3.63, 3.8) is 0 Å². The first-order chi connectivity index (χ1) is 7.80. The predicted octanol–water partition coefficient (Wildman–Crippen LogP) is 1.79. The molecule has 0 fully saturated rings. The van der Waals surface area contributed by atoms with Gasteiger partial charge in [0.15, 0.2) is 0 Å². The largest absolute Gasteiger partial charge is 0.477 e. The fourth-order valence-electron chi connectivity index (χ4n) is 1.38. The van der Waals surface area contributed by atoms with Crippen molar-refractivity contribution in [3.05, 3.63) is 16.5 Å². The molecule has 0 saturated carbocycles. The van der Waals surface area contributed by atoms with Gasteiger partial charge in [-0.1, -0.05) is 6.92 Å². The fraction of sp³-hybridized carbons (Fsp3) is 0.500. The van der Waals surface area contributed by atoms with Crippen molar-refractivity contribution in [2.45, 2.75) is 24.5 Å². The maximum absolute atomic E-state index is 12.1. The molecule has 0 bridgehead atoms. The molecule has 5 nitrogen and oxygen atoms in total. The zero-order valence-corrected chi connectivity index (χ0v) is 11.6. The molecule has 0 aromatic carbocycles. The monoisotopic (exact) mass is 277 g/mol. The van der Waals surface area contributed by atoms with Crippen molar-refractivity contribution in [2.24, 2.45) is 0 Å². The van der Waals surface area contributed by atoms with Crippen LogP contribution in [0.2, 0.25) is 0 Å². The average molecular weight is 277 g/mol. The standard InChI is InChI=1S/C10H15NO4S2/c1-4-5-11(3)17(14,15)8-6-7(2)9(16-8)10(12)13/h6H,4-5H2,1-3H3,(H,12,13). The first-order valence-electron chi connectivity index (χ1n) is 5.10. The molecule has 0 aliphatic carbocycles. The minimum atomic E-state index is -3.55. The molecule has 0 atom stereocenters. The summed E-state index contributed by atoms with van der Waals surface area (Å²) in [5, 5.41) is 8.89. The molecular formula is C10H15NO4S2. The Balaban J connectivity index is 3.17. The maximum Gasteiger partial charge on any atom is 0.346 e. The molecule has 0 amide bonds. The Hall–Kier alpha value is -0.920. The highest BCUT2D eigenvalue weighted by atomic mass is 32.2. The van der Waals surface area contributed by atoms with Crippen molar-refractivity contribution in [3.8, 4) is 0 Å². The number of thiophene rings is 1. The van der Waals surface area contributed by atoms with Crippen LogP contribution in [0.1, 0.15) is 28.6 Å². The summed E-state index contributed by atoms with van der Waals surface area (Å²) in [4.78, 5) is 10.9. The van der Waals surface area contributed by atoms with Crippen LogP contribution in [-0.2, 0) is 10.0 Å². The van der Waals surface area contributed by atoms with Crippen LogP contribution < -0.4 is 0 Å². The summed E-state index contributed by atoms with van der Waals surface area (Å²) in [5.74, 6) is -1.09. The molecule has 7 heteroatoms. The first kappa shape index (κ1) is 14.1. The van der Waals surface area contributed by atoms with Gasteiger partial charge in [0.05, 0.1) is 0 Å². The average Bonchev–Trinajstić information content (AvgIpc) is 2.61. The van der Waals surface area contributed by atoms with Crippen LogP contribution in [0.5, 0.6) is 0 Å². The maximum atomic E-state index is 12.1. The van der Waals surface area contributed by atoms with E-state index in [1.165, 1.54) is 17.4 Å². The van der Waals surface area contributed by atoms with E-state index < -0.39 is 16.0 Å². The number of rotatable bonds is 5. The number of carboxylic acid groups (broad SMARTS) is 1. The second-order valence-corrected chi connectivity index (χ2v) is 7.03. The van der Waals surface area contributed by atoms with Crippen LogP contribution in [0.4, 0.5) is 0 Å². The van der Waals surface area contributed by atoms with E-state index >= 15 is 0 Å². The summed E-state index contributed by atoms with van der Waals surface area (Å²) in [5.41, 5.74) is 0.478. The second kappa shape index (κ2) is 5.16. The summed E-state index contributed by atoms with van der Waals surface area (Å²) in [6, 6.07) is 1.41. The SMILES string of the molecule is CCCN(C)S(=O)(=O)c1cc(C)c(C(=O)O)s1. The molecule has 1 aromatic rings. The molecule has 0 unspecified atom stereocenters. The highest BCUT2D eigenvalue weighted by molar-refractivity contribution is 7.91. The van der Waals surface area contributed by atoms with Crippen molar-refractivity contribution >= 4 is 27.3 Å². The minimum absolute atomic E-state index is 0.0773. The Kier molecular flexibility index (Phi) is 4.29. The van der Waals surface area contributed by atoms with Gasteiger partial charge in [-0.25, -0.2) is 17.5 Å². The number of nitrogens with zero attached hydrogens (tertiary/aromatic N) is 1. The van der Waals surface area contributed by atoms with E-state index in [-0.39, 0.29) is 9.09 Å². The van der Waals surface area contributed by atoms with E-state index in [1.807, 2.05) is 6.92 Å². The third kappa shape index (κ3) is 2.85. The first-order valence-corrected chi connectivity index (χ1v) is 7.36. The zero-order valence-electron chi connectivity index (χ0n) is 9.93. The molecule has 96 valence electrons. The lowest BCUT2D eigenvalue weighted by Gasteiger charge is -2.14.